The van der Waals surface area contributed by atoms with E-state index in [0.29, 0.717) is 6.42 Å². The Kier molecular flexibility index (Phi) is 20.0. The Morgan fingerprint density at radius 1 is 0.810 bits per heavy atom. The Bertz CT molecular complexity index is 235. The average molecular weight is 302 g/mol. The van der Waals surface area contributed by atoms with Crippen LogP contribution in [0.3, 0.4) is 0 Å². The average Bonchev–Trinajstić information content (AvgIpc) is 2.43. The zero-order valence-electron chi connectivity index (χ0n) is 14.2. The molecule has 21 heavy (non-hydrogen) atoms. The number of aliphatic carboxylic acids is 1. The van der Waals surface area contributed by atoms with Gasteiger partial charge in [-0.2, -0.15) is 0 Å². The Hall–Kier alpha value is -1.06. The largest absolute Gasteiger partial charge is 0.481 e. The molecule has 0 aliphatic rings. The van der Waals surface area contributed by atoms with Crippen molar-refractivity contribution in [2.45, 2.75) is 90.9 Å². The molecule has 4 heteroatoms. The molecule has 0 atom stereocenters. The molecule has 0 aromatic carbocycles. The van der Waals surface area contributed by atoms with E-state index in [1.165, 1.54) is 71.3 Å². The molecule has 1 N–H and O–H groups in total. The number of hydrogen-bond acceptors (Lipinski definition) is 3. The van der Waals surface area contributed by atoms with Crippen LogP contribution in [0.1, 0.15) is 90.9 Å². The minimum Gasteiger partial charge on any atom is -0.481 e. The van der Waals surface area contributed by atoms with Crippen molar-refractivity contribution in [1.82, 2.24) is 0 Å². The fourth-order valence-corrected chi connectivity index (χ4v) is 2.04. The van der Waals surface area contributed by atoms with Crippen molar-refractivity contribution in [3.05, 3.63) is 0 Å². The third-order valence-corrected chi connectivity index (χ3v) is 3.21. The molecular formula is C17H34O4. The summed E-state index contributed by atoms with van der Waals surface area (Å²) in [6.45, 7) is 3.34. The summed E-state index contributed by atoms with van der Waals surface area (Å²) in [6.07, 6.45) is 15.1. The number of carbonyl (C=O) groups is 2. The highest BCUT2D eigenvalue weighted by Gasteiger charge is 1.98. The Labute approximate surface area is 130 Å². The zero-order valence-corrected chi connectivity index (χ0v) is 14.2. The van der Waals surface area contributed by atoms with E-state index >= 15 is 0 Å². The number of hydrogen-bond donors (Lipinski definition) is 1. The summed E-state index contributed by atoms with van der Waals surface area (Å²) in [5, 5.41) is 7.42. The maximum atomic E-state index is 10.8. The van der Waals surface area contributed by atoms with E-state index in [1.54, 1.807) is 0 Å². The van der Waals surface area contributed by atoms with Gasteiger partial charge in [0.25, 0.3) is 5.97 Å². The number of carbonyl (C=O) groups excluding carboxylic acids is 1. The number of rotatable bonds is 12. The van der Waals surface area contributed by atoms with Gasteiger partial charge in [-0.3, -0.25) is 9.59 Å². The maximum Gasteiger partial charge on any atom is 0.305 e. The van der Waals surface area contributed by atoms with Gasteiger partial charge in [-0.05, 0) is 6.42 Å². The third-order valence-electron chi connectivity index (χ3n) is 3.21. The first-order valence-electron chi connectivity index (χ1n) is 8.30. The molecule has 0 bridgehead atoms. The molecular weight excluding hydrogens is 268 g/mol. The normalized spacial score (nSPS) is 9.67. The first-order valence-corrected chi connectivity index (χ1v) is 8.30. The number of ether oxygens (including phenoxy) is 1. The molecule has 0 aromatic rings. The van der Waals surface area contributed by atoms with Gasteiger partial charge in [0.1, 0.15) is 0 Å². The summed E-state index contributed by atoms with van der Waals surface area (Å²) >= 11 is 0. The first kappa shape index (κ1) is 22.2. The van der Waals surface area contributed by atoms with E-state index in [2.05, 4.69) is 11.7 Å². The van der Waals surface area contributed by atoms with E-state index in [0.717, 1.165) is 13.3 Å². The molecule has 0 aliphatic heterocycles. The maximum absolute atomic E-state index is 10.8. The molecule has 0 saturated carbocycles. The Balaban J connectivity index is 0. The van der Waals surface area contributed by atoms with Crippen LogP contribution >= 0.6 is 0 Å². The van der Waals surface area contributed by atoms with Crippen LogP contribution in [0.4, 0.5) is 0 Å². The third kappa shape index (κ3) is 28.0. The van der Waals surface area contributed by atoms with Gasteiger partial charge in [0.15, 0.2) is 0 Å². The van der Waals surface area contributed by atoms with Crippen molar-refractivity contribution >= 4 is 11.9 Å². The van der Waals surface area contributed by atoms with Gasteiger partial charge in [0, 0.05) is 13.3 Å². The molecule has 126 valence electrons. The van der Waals surface area contributed by atoms with Crippen molar-refractivity contribution in [2.24, 2.45) is 0 Å². The minimum absolute atomic E-state index is 0.0686. The molecule has 0 unspecified atom stereocenters. The van der Waals surface area contributed by atoms with Crippen molar-refractivity contribution in [1.29, 1.82) is 0 Å². The topological polar surface area (TPSA) is 63.6 Å². The molecule has 0 rings (SSSR count). The SMILES string of the molecule is CC(=O)O.CCCCCCCCCCCCCC(=O)OC. The van der Waals surface area contributed by atoms with Crippen molar-refractivity contribution in [3.63, 3.8) is 0 Å². The molecule has 4 nitrogen and oxygen atoms in total. The molecule has 0 aliphatic carbocycles. The fourth-order valence-electron chi connectivity index (χ4n) is 2.04. The first-order chi connectivity index (χ1) is 10.0. The lowest BCUT2D eigenvalue weighted by Gasteiger charge is -2.02. The summed E-state index contributed by atoms with van der Waals surface area (Å²) in [4.78, 5) is 19.8. The number of unbranched alkanes of at least 4 members (excludes halogenated alkanes) is 10. The van der Waals surface area contributed by atoms with Crippen molar-refractivity contribution in [2.75, 3.05) is 7.11 Å². The van der Waals surface area contributed by atoms with Crippen LogP contribution in [-0.2, 0) is 14.3 Å². The summed E-state index contributed by atoms with van der Waals surface area (Å²) in [5.41, 5.74) is 0. The van der Waals surface area contributed by atoms with E-state index in [-0.39, 0.29) is 5.97 Å². The van der Waals surface area contributed by atoms with Gasteiger partial charge < -0.3 is 9.84 Å². The predicted octanol–water partition coefficient (Wildman–Crippen LogP) is 4.95. The second-order valence-corrected chi connectivity index (χ2v) is 5.38. The number of methoxy groups -OCH3 is 1. The van der Waals surface area contributed by atoms with E-state index < -0.39 is 5.97 Å². The van der Waals surface area contributed by atoms with Crippen LogP contribution in [0.5, 0.6) is 0 Å². The predicted molar refractivity (Wildman–Crippen MR) is 86.4 cm³/mol. The molecule has 0 spiro atoms. The van der Waals surface area contributed by atoms with Crippen LogP contribution in [0.15, 0.2) is 0 Å². The lowest BCUT2D eigenvalue weighted by Crippen LogP contribution is -1.99. The van der Waals surface area contributed by atoms with Crippen LogP contribution in [-0.4, -0.2) is 24.2 Å². The zero-order chi connectivity index (χ0) is 16.3. The van der Waals surface area contributed by atoms with Crippen molar-refractivity contribution in [3.8, 4) is 0 Å². The monoisotopic (exact) mass is 302 g/mol. The highest BCUT2D eigenvalue weighted by atomic mass is 16.5. The van der Waals surface area contributed by atoms with Gasteiger partial charge in [0.05, 0.1) is 7.11 Å². The van der Waals surface area contributed by atoms with Crippen LogP contribution < -0.4 is 0 Å². The highest BCUT2D eigenvalue weighted by molar-refractivity contribution is 5.68. The van der Waals surface area contributed by atoms with Crippen LogP contribution in [0.25, 0.3) is 0 Å². The smallest absolute Gasteiger partial charge is 0.305 e. The summed E-state index contributed by atoms with van der Waals surface area (Å²) in [6, 6.07) is 0. The second-order valence-electron chi connectivity index (χ2n) is 5.38. The van der Waals surface area contributed by atoms with Gasteiger partial charge in [0.2, 0.25) is 0 Å². The van der Waals surface area contributed by atoms with Gasteiger partial charge in [-0.15, -0.1) is 0 Å². The van der Waals surface area contributed by atoms with Crippen LogP contribution in [0.2, 0.25) is 0 Å². The fraction of sp³-hybridized carbons (Fsp3) is 0.882. The molecule has 0 fully saturated rings. The highest BCUT2D eigenvalue weighted by Crippen LogP contribution is 2.11. The van der Waals surface area contributed by atoms with Gasteiger partial charge in [-0.1, -0.05) is 71.1 Å². The summed E-state index contributed by atoms with van der Waals surface area (Å²) in [7, 11) is 1.46. The Morgan fingerprint density at radius 3 is 1.48 bits per heavy atom. The molecule has 0 radical (unpaired) electrons. The van der Waals surface area contributed by atoms with E-state index in [9.17, 15) is 4.79 Å². The number of carboxylic acid groups (broad SMARTS) is 1. The second kappa shape index (κ2) is 18.9. The number of esters is 1. The minimum atomic E-state index is -0.833. The van der Waals surface area contributed by atoms with E-state index in [4.69, 9.17) is 9.90 Å². The molecule has 0 saturated heterocycles. The van der Waals surface area contributed by atoms with Crippen molar-refractivity contribution < 1.29 is 19.4 Å². The van der Waals surface area contributed by atoms with Gasteiger partial charge >= 0.3 is 5.97 Å². The Morgan fingerprint density at radius 2 is 1.14 bits per heavy atom. The quantitative estimate of drug-likeness (QED) is 0.409. The lowest BCUT2D eigenvalue weighted by molar-refractivity contribution is -0.140. The van der Waals surface area contributed by atoms with E-state index in [1.807, 2.05) is 0 Å². The summed E-state index contributed by atoms with van der Waals surface area (Å²) in [5.74, 6) is -0.902. The standard InChI is InChI=1S/C15H30O2.C2H4O2/c1-3-4-5-6-7-8-9-10-11-12-13-14-15(16)17-2;1-2(3)4/h3-14H2,1-2H3;1H3,(H,3,4). The van der Waals surface area contributed by atoms with Gasteiger partial charge in [-0.25, -0.2) is 0 Å². The molecule has 0 amide bonds. The molecule has 0 aromatic heterocycles. The number of carboxylic acids is 1. The summed E-state index contributed by atoms with van der Waals surface area (Å²) < 4.78 is 4.60. The van der Waals surface area contributed by atoms with Crippen LogP contribution in [0, 0.1) is 0 Å². The lowest BCUT2D eigenvalue weighted by atomic mass is 10.1. The molecule has 0 heterocycles.